The van der Waals surface area contributed by atoms with Crippen molar-refractivity contribution in [2.45, 2.75) is 38.8 Å². The van der Waals surface area contributed by atoms with Gasteiger partial charge in [-0.3, -0.25) is 4.79 Å². The first-order valence-corrected chi connectivity index (χ1v) is 7.64. The molecule has 2 rings (SSSR count). The van der Waals surface area contributed by atoms with E-state index in [0.717, 1.165) is 11.3 Å². The molecule has 2 aromatic carbocycles. The molecule has 0 aliphatic rings. The molecule has 0 radical (unpaired) electrons. The Balaban J connectivity index is 2.01. The van der Waals surface area contributed by atoms with Crippen LogP contribution in [0.4, 0.5) is 0 Å². The summed E-state index contributed by atoms with van der Waals surface area (Å²) in [6.07, 6.45) is 0.404. The van der Waals surface area contributed by atoms with Gasteiger partial charge in [0.2, 0.25) is 0 Å². The number of para-hydroxylation sites is 1. The largest absolute Gasteiger partial charge is 0.459 e. The van der Waals surface area contributed by atoms with E-state index in [4.69, 9.17) is 15.2 Å². The third-order valence-corrected chi connectivity index (χ3v) is 3.04. The van der Waals surface area contributed by atoms with Gasteiger partial charge in [0.05, 0.1) is 0 Å². The summed E-state index contributed by atoms with van der Waals surface area (Å²) in [5.41, 5.74) is 6.34. The summed E-state index contributed by atoms with van der Waals surface area (Å²) in [5.74, 6) is 1.08. The number of ether oxygens (including phenoxy) is 2. The minimum absolute atomic E-state index is 0.396. The molecular weight excluding hydrogens is 290 g/mol. The second kappa shape index (κ2) is 7.29. The van der Waals surface area contributed by atoms with E-state index in [0.29, 0.717) is 12.2 Å². The smallest absolute Gasteiger partial charge is 0.323 e. The van der Waals surface area contributed by atoms with Gasteiger partial charge in [-0.2, -0.15) is 0 Å². The SMILES string of the molecule is CC(C)(C)OC(=O)C(N)Cc1cccc(Oc2ccccc2)c1. The first kappa shape index (κ1) is 17.0. The minimum Gasteiger partial charge on any atom is -0.459 e. The lowest BCUT2D eigenvalue weighted by Crippen LogP contribution is -2.38. The summed E-state index contributed by atoms with van der Waals surface area (Å²) >= 11 is 0. The molecule has 0 bridgehead atoms. The van der Waals surface area contributed by atoms with Crippen molar-refractivity contribution in [3.05, 3.63) is 60.2 Å². The second-order valence-electron chi connectivity index (χ2n) is 6.41. The van der Waals surface area contributed by atoms with E-state index < -0.39 is 17.6 Å². The van der Waals surface area contributed by atoms with Crippen molar-refractivity contribution < 1.29 is 14.3 Å². The number of rotatable bonds is 5. The summed E-state index contributed by atoms with van der Waals surface area (Å²) in [5, 5.41) is 0. The van der Waals surface area contributed by atoms with Crippen molar-refractivity contribution in [1.29, 1.82) is 0 Å². The van der Waals surface area contributed by atoms with Crippen LogP contribution in [0.3, 0.4) is 0 Å². The normalized spacial score (nSPS) is 12.5. The summed E-state index contributed by atoms with van der Waals surface area (Å²) in [6, 6.07) is 16.4. The topological polar surface area (TPSA) is 61.5 Å². The highest BCUT2D eigenvalue weighted by molar-refractivity contribution is 5.76. The van der Waals surface area contributed by atoms with Gasteiger partial charge in [0, 0.05) is 0 Å². The quantitative estimate of drug-likeness (QED) is 0.855. The number of benzene rings is 2. The predicted octanol–water partition coefficient (Wildman–Crippen LogP) is 3.69. The molecule has 0 aliphatic heterocycles. The van der Waals surface area contributed by atoms with Crippen molar-refractivity contribution in [2.75, 3.05) is 0 Å². The van der Waals surface area contributed by atoms with Crippen molar-refractivity contribution in [1.82, 2.24) is 0 Å². The first-order chi connectivity index (χ1) is 10.8. The molecular formula is C19H23NO3. The second-order valence-corrected chi connectivity index (χ2v) is 6.41. The van der Waals surface area contributed by atoms with Crippen molar-refractivity contribution >= 4 is 5.97 Å². The maximum absolute atomic E-state index is 12.0. The van der Waals surface area contributed by atoms with E-state index in [1.54, 1.807) is 0 Å². The van der Waals surface area contributed by atoms with Crippen molar-refractivity contribution in [3.63, 3.8) is 0 Å². The van der Waals surface area contributed by atoms with E-state index in [9.17, 15) is 4.79 Å². The molecule has 4 heteroatoms. The molecule has 0 amide bonds. The maximum atomic E-state index is 12.0. The molecule has 0 saturated carbocycles. The molecule has 122 valence electrons. The zero-order chi connectivity index (χ0) is 16.9. The molecule has 2 N–H and O–H groups in total. The lowest BCUT2D eigenvalue weighted by atomic mass is 10.1. The average molecular weight is 313 g/mol. The van der Waals surface area contributed by atoms with Crippen LogP contribution in [-0.2, 0) is 16.0 Å². The molecule has 4 nitrogen and oxygen atoms in total. The molecule has 0 aliphatic carbocycles. The Morgan fingerprint density at radius 3 is 2.35 bits per heavy atom. The fourth-order valence-corrected chi connectivity index (χ4v) is 2.08. The summed E-state index contributed by atoms with van der Waals surface area (Å²) in [7, 11) is 0. The number of hydrogen-bond donors (Lipinski definition) is 1. The van der Waals surface area contributed by atoms with Crippen LogP contribution in [0.5, 0.6) is 11.5 Å². The fraction of sp³-hybridized carbons (Fsp3) is 0.316. The van der Waals surface area contributed by atoms with E-state index in [2.05, 4.69) is 0 Å². The average Bonchev–Trinajstić information content (AvgIpc) is 2.47. The van der Waals surface area contributed by atoms with Crippen LogP contribution in [0.15, 0.2) is 54.6 Å². The molecule has 0 fully saturated rings. The Hall–Kier alpha value is -2.33. The third kappa shape index (κ3) is 5.75. The van der Waals surface area contributed by atoms with Gasteiger partial charge in [-0.1, -0.05) is 30.3 Å². The Bertz CT molecular complexity index is 647. The highest BCUT2D eigenvalue weighted by Crippen LogP contribution is 2.22. The Labute approximate surface area is 137 Å². The number of carbonyl (C=O) groups is 1. The Morgan fingerprint density at radius 1 is 1.04 bits per heavy atom. The van der Waals surface area contributed by atoms with Gasteiger partial charge in [-0.05, 0) is 57.0 Å². The number of nitrogens with two attached hydrogens (primary N) is 1. The molecule has 0 aromatic heterocycles. The lowest BCUT2D eigenvalue weighted by Gasteiger charge is -2.22. The zero-order valence-electron chi connectivity index (χ0n) is 13.8. The van der Waals surface area contributed by atoms with Gasteiger partial charge in [-0.15, -0.1) is 0 Å². The molecule has 23 heavy (non-hydrogen) atoms. The van der Waals surface area contributed by atoms with E-state index in [1.165, 1.54) is 0 Å². The van der Waals surface area contributed by atoms with Gasteiger partial charge < -0.3 is 15.2 Å². The van der Waals surface area contributed by atoms with E-state index in [1.807, 2.05) is 75.4 Å². The maximum Gasteiger partial charge on any atom is 0.323 e. The Kier molecular flexibility index (Phi) is 5.40. The molecule has 0 heterocycles. The number of esters is 1. The monoisotopic (exact) mass is 313 g/mol. The first-order valence-electron chi connectivity index (χ1n) is 7.64. The summed E-state index contributed by atoms with van der Waals surface area (Å²) in [4.78, 5) is 12.0. The van der Waals surface area contributed by atoms with E-state index in [-0.39, 0.29) is 0 Å². The molecule has 1 unspecified atom stereocenters. The van der Waals surface area contributed by atoms with Gasteiger partial charge in [0.1, 0.15) is 23.1 Å². The van der Waals surface area contributed by atoms with E-state index >= 15 is 0 Å². The van der Waals surface area contributed by atoms with Crippen LogP contribution in [0, 0.1) is 0 Å². The highest BCUT2D eigenvalue weighted by Gasteiger charge is 2.22. The van der Waals surface area contributed by atoms with Crippen LogP contribution in [-0.4, -0.2) is 17.6 Å². The van der Waals surface area contributed by atoms with Crippen molar-refractivity contribution in [3.8, 4) is 11.5 Å². The van der Waals surface area contributed by atoms with Crippen LogP contribution in [0.25, 0.3) is 0 Å². The van der Waals surface area contributed by atoms with Crippen LogP contribution in [0.1, 0.15) is 26.3 Å². The van der Waals surface area contributed by atoms with Crippen LogP contribution < -0.4 is 10.5 Å². The van der Waals surface area contributed by atoms with Gasteiger partial charge in [0.25, 0.3) is 0 Å². The molecule has 0 saturated heterocycles. The molecule has 1 atom stereocenters. The zero-order valence-corrected chi connectivity index (χ0v) is 13.8. The highest BCUT2D eigenvalue weighted by atomic mass is 16.6. The third-order valence-electron chi connectivity index (χ3n) is 3.04. The predicted molar refractivity (Wildman–Crippen MR) is 90.5 cm³/mol. The molecule has 2 aromatic rings. The summed E-state index contributed by atoms with van der Waals surface area (Å²) < 4.78 is 11.1. The Morgan fingerprint density at radius 2 is 1.70 bits per heavy atom. The van der Waals surface area contributed by atoms with Gasteiger partial charge >= 0.3 is 5.97 Å². The number of carbonyl (C=O) groups excluding carboxylic acids is 1. The summed E-state index contributed by atoms with van der Waals surface area (Å²) in [6.45, 7) is 5.48. The lowest BCUT2D eigenvalue weighted by molar-refractivity contribution is -0.156. The van der Waals surface area contributed by atoms with Crippen LogP contribution in [0.2, 0.25) is 0 Å². The minimum atomic E-state index is -0.693. The standard InChI is InChI=1S/C19H23NO3/c1-19(2,3)23-18(21)17(20)13-14-8-7-11-16(12-14)22-15-9-5-4-6-10-15/h4-12,17H,13,20H2,1-3H3. The van der Waals surface area contributed by atoms with Gasteiger partial charge in [-0.25, -0.2) is 0 Å². The molecule has 0 spiro atoms. The number of hydrogen-bond acceptors (Lipinski definition) is 4. The van der Waals surface area contributed by atoms with Crippen molar-refractivity contribution in [2.24, 2.45) is 5.73 Å². The van der Waals surface area contributed by atoms with Gasteiger partial charge in [0.15, 0.2) is 0 Å². The fourth-order valence-electron chi connectivity index (χ4n) is 2.08. The van der Waals surface area contributed by atoms with Crippen LogP contribution >= 0.6 is 0 Å².